The van der Waals surface area contributed by atoms with Crippen LogP contribution in [0, 0.1) is 11.3 Å². The van der Waals surface area contributed by atoms with Gasteiger partial charge in [-0.1, -0.05) is 0 Å². The molecule has 0 saturated carbocycles. The molecule has 1 aromatic carbocycles. The van der Waals surface area contributed by atoms with Crippen LogP contribution in [0.4, 0.5) is 14.5 Å². The van der Waals surface area contributed by atoms with Crippen LogP contribution in [-0.4, -0.2) is 43.2 Å². The van der Waals surface area contributed by atoms with Crippen LogP contribution in [0.5, 0.6) is 5.75 Å². The molecule has 32 heavy (non-hydrogen) atoms. The number of halogens is 2. The van der Waals surface area contributed by atoms with E-state index in [9.17, 15) is 13.6 Å². The summed E-state index contributed by atoms with van der Waals surface area (Å²) in [6.07, 6.45) is 7.84. The van der Waals surface area contributed by atoms with E-state index in [-0.39, 0.29) is 34.8 Å². The molecule has 9 nitrogen and oxygen atoms in total. The van der Waals surface area contributed by atoms with Gasteiger partial charge in [0.05, 0.1) is 24.2 Å². The number of benzene rings is 1. The van der Waals surface area contributed by atoms with Gasteiger partial charge in [-0.15, -0.1) is 11.8 Å². The summed E-state index contributed by atoms with van der Waals surface area (Å²) in [7, 11) is 0. The largest absolute Gasteiger partial charge is 0.434 e. The van der Waals surface area contributed by atoms with Crippen LogP contribution in [0.2, 0.25) is 0 Å². The monoisotopic (exact) mass is 455 g/mol. The number of thioether (sulfide) groups is 1. The van der Waals surface area contributed by atoms with E-state index in [1.165, 1.54) is 45.6 Å². The van der Waals surface area contributed by atoms with Gasteiger partial charge in [0.1, 0.15) is 23.6 Å². The number of hydrogen-bond acceptors (Lipinski definition) is 7. The van der Waals surface area contributed by atoms with Crippen LogP contribution in [0.1, 0.15) is 10.4 Å². The van der Waals surface area contributed by atoms with Crippen molar-refractivity contribution in [1.29, 1.82) is 5.26 Å². The molecule has 0 aliphatic rings. The Morgan fingerprint density at radius 2 is 2.25 bits per heavy atom. The summed E-state index contributed by atoms with van der Waals surface area (Å²) in [4.78, 5) is 17.9. The highest BCUT2D eigenvalue weighted by Crippen LogP contribution is 2.37. The van der Waals surface area contributed by atoms with Crippen LogP contribution in [0.25, 0.3) is 16.9 Å². The molecule has 0 unspecified atom stereocenters. The highest BCUT2D eigenvalue weighted by molar-refractivity contribution is 7.98. The molecule has 0 aliphatic carbocycles. The Bertz CT molecular complexity index is 1330. The van der Waals surface area contributed by atoms with Crippen LogP contribution in [-0.2, 0) is 6.54 Å². The molecule has 0 radical (unpaired) electrons. The van der Waals surface area contributed by atoms with E-state index in [1.54, 1.807) is 24.4 Å². The summed E-state index contributed by atoms with van der Waals surface area (Å²) < 4.78 is 33.4. The molecule has 1 N–H and O–H groups in total. The second-order valence-corrected chi connectivity index (χ2v) is 7.27. The Morgan fingerprint density at radius 1 is 1.41 bits per heavy atom. The molecule has 0 saturated heterocycles. The van der Waals surface area contributed by atoms with Crippen molar-refractivity contribution in [2.45, 2.75) is 18.1 Å². The third kappa shape index (κ3) is 4.23. The van der Waals surface area contributed by atoms with E-state index in [1.807, 2.05) is 12.3 Å². The average Bonchev–Trinajstić information content (AvgIpc) is 3.38. The molecular formula is C20H15F2N7O2S. The molecule has 0 fully saturated rings. The highest BCUT2D eigenvalue weighted by Gasteiger charge is 2.22. The maximum absolute atomic E-state index is 13.0. The molecule has 4 rings (SSSR count). The number of carbonyl (C=O) groups is 1. The van der Waals surface area contributed by atoms with Crippen molar-refractivity contribution < 1.29 is 18.3 Å². The smallest absolute Gasteiger partial charge is 0.387 e. The first-order valence-electron chi connectivity index (χ1n) is 9.17. The predicted molar refractivity (Wildman–Crippen MR) is 113 cm³/mol. The quantitative estimate of drug-likeness (QED) is 0.423. The minimum absolute atomic E-state index is 0.103. The fourth-order valence-electron chi connectivity index (χ4n) is 3.06. The lowest BCUT2D eigenvalue weighted by Gasteiger charge is -2.12. The van der Waals surface area contributed by atoms with Crippen LogP contribution in [0.15, 0.2) is 53.9 Å². The zero-order chi connectivity index (χ0) is 22.7. The van der Waals surface area contributed by atoms with Crippen LogP contribution >= 0.6 is 11.8 Å². The van der Waals surface area contributed by atoms with Crippen molar-refractivity contribution in [2.24, 2.45) is 0 Å². The van der Waals surface area contributed by atoms with E-state index < -0.39 is 12.5 Å². The van der Waals surface area contributed by atoms with Gasteiger partial charge in [0.15, 0.2) is 5.65 Å². The first-order chi connectivity index (χ1) is 15.5. The van der Waals surface area contributed by atoms with Crippen molar-refractivity contribution in [1.82, 2.24) is 24.4 Å². The number of nitrogens with one attached hydrogen (secondary N) is 1. The van der Waals surface area contributed by atoms with Crippen LogP contribution < -0.4 is 10.1 Å². The molecule has 4 aromatic rings. The Morgan fingerprint density at radius 3 is 3.00 bits per heavy atom. The second-order valence-electron chi connectivity index (χ2n) is 6.39. The number of amides is 1. The van der Waals surface area contributed by atoms with Gasteiger partial charge >= 0.3 is 6.61 Å². The fraction of sp³-hybridized carbons (Fsp3) is 0.150. The number of alkyl halides is 2. The van der Waals surface area contributed by atoms with Gasteiger partial charge in [-0.3, -0.25) is 9.48 Å². The minimum atomic E-state index is -3.04. The maximum Gasteiger partial charge on any atom is 0.387 e. The number of anilines is 1. The SMILES string of the molecule is CSc1ccc(OC(F)F)c(-c2nn(CC#N)cc2NC(=O)c2cnn3cccnc23)c1. The zero-order valence-corrected chi connectivity index (χ0v) is 17.4. The average molecular weight is 455 g/mol. The summed E-state index contributed by atoms with van der Waals surface area (Å²) in [5, 5.41) is 20.2. The first-order valence-corrected chi connectivity index (χ1v) is 10.4. The van der Waals surface area contributed by atoms with Crippen molar-refractivity contribution >= 4 is 29.0 Å². The third-order valence-corrected chi connectivity index (χ3v) is 5.15. The third-order valence-electron chi connectivity index (χ3n) is 4.42. The van der Waals surface area contributed by atoms with E-state index in [4.69, 9.17) is 5.26 Å². The van der Waals surface area contributed by atoms with E-state index >= 15 is 0 Å². The summed E-state index contributed by atoms with van der Waals surface area (Å²) in [5.74, 6) is -0.623. The van der Waals surface area contributed by atoms with Crippen molar-refractivity contribution in [3.05, 3.63) is 54.6 Å². The molecular weight excluding hydrogens is 440 g/mol. The van der Waals surface area contributed by atoms with Gasteiger partial charge < -0.3 is 10.1 Å². The van der Waals surface area contributed by atoms with Gasteiger partial charge in [0.25, 0.3) is 5.91 Å². The molecule has 162 valence electrons. The Balaban J connectivity index is 1.78. The molecule has 0 aliphatic heterocycles. The number of nitriles is 1. The molecule has 12 heteroatoms. The van der Waals surface area contributed by atoms with Crippen LogP contribution in [0.3, 0.4) is 0 Å². The van der Waals surface area contributed by atoms with E-state index in [0.29, 0.717) is 5.65 Å². The second kappa shape index (κ2) is 9.03. The number of rotatable bonds is 7. The number of ether oxygens (including phenoxy) is 1. The Hall–Kier alpha value is -3.98. The number of nitrogens with zero attached hydrogens (tertiary/aromatic N) is 6. The Labute approximate surface area is 184 Å². The maximum atomic E-state index is 13.0. The lowest BCUT2D eigenvalue weighted by Crippen LogP contribution is -2.12. The minimum Gasteiger partial charge on any atom is -0.434 e. The summed E-state index contributed by atoms with van der Waals surface area (Å²) >= 11 is 1.40. The fourth-order valence-corrected chi connectivity index (χ4v) is 3.50. The van der Waals surface area contributed by atoms with Gasteiger partial charge in [0, 0.05) is 22.9 Å². The molecule has 3 aromatic heterocycles. The van der Waals surface area contributed by atoms with Crippen molar-refractivity contribution in [3.8, 4) is 23.1 Å². The number of carbonyl (C=O) groups excluding carboxylic acids is 1. The van der Waals surface area contributed by atoms with E-state index in [0.717, 1.165) is 4.90 Å². The molecule has 3 heterocycles. The number of aromatic nitrogens is 5. The standard InChI is InChI=1S/C20H15F2N7O2S/c1-32-12-3-4-16(31-20(21)22)13(9-12)17-15(11-28(27-17)8-5-23)26-19(30)14-10-25-29-7-2-6-24-18(14)29/h2-4,6-7,9-11,20H,8H2,1H3,(H,26,30). The highest BCUT2D eigenvalue weighted by atomic mass is 32.2. The Kier molecular flexibility index (Phi) is 6.00. The lowest BCUT2D eigenvalue weighted by molar-refractivity contribution is -0.0494. The van der Waals surface area contributed by atoms with Gasteiger partial charge in [0.2, 0.25) is 0 Å². The summed E-state index contributed by atoms with van der Waals surface area (Å²) in [5.41, 5.74) is 1.22. The number of hydrogen-bond donors (Lipinski definition) is 1. The normalized spacial score (nSPS) is 11.0. The topological polar surface area (TPSA) is 110 Å². The van der Waals surface area contributed by atoms with Gasteiger partial charge in [-0.25, -0.2) is 9.50 Å². The molecule has 1 amide bonds. The molecule has 0 spiro atoms. The number of fused-ring (bicyclic) bond motifs is 1. The zero-order valence-electron chi connectivity index (χ0n) is 16.6. The predicted octanol–water partition coefficient (Wildman–Crippen LogP) is 3.69. The molecule has 0 atom stereocenters. The van der Waals surface area contributed by atoms with Crippen molar-refractivity contribution in [3.63, 3.8) is 0 Å². The lowest BCUT2D eigenvalue weighted by atomic mass is 10.1. The van der Waals surface area contributed by atoms with Gasteiger partial charge in [-0.2, -0.15) is 24.2 Å². The van der Waals surface area contributed by atoms with E-state index in [2.05, 4.69) is 25.2 Å². The summed E-state index contributed by atoms with van der Waals surface area (Å²) in [6, 6.07) is 8.32. The molecule has 0 bridgehead atoms. The summed E-state index contributed by atoms with van der Waals surface area (Å²) in [6.45, 7) is -3.15. The van der Waals surface area contributed by atoms with Gasteiger partial charge in [-0.05, 0) is 30.5 Å². The van der Waals surface area contributed by atoms with Crippen molar-refractivity contribution in [2.75, 3.05) is 11.6 Å². The first kappa shape index (κ1) is 21.3.